The smallest absolute Gasteiger partial charge is 0.379 e. The first-order chi connectivity index (χ1) is 22.3. The van der Waals surface area contributed by atoms with Crippen LogP contribution in [0.3, 0.4) is 0 Å². The molecule has 0 amide bonds. The molecule has 1 atom stereocenters. The highest BCUT2D eigenvalue weighted by atomic mass is 35.5. The number of halogens is 1. The molecule has 0 saturated heterocycles. The summed E-state index contributed by atoms with van der Waals surface area (Å²) in [6, 6.07) is 26.0. The van der Waals surface area contributed by atoms with Crippen LogP contribution in [0.5, 0.6) is 23.0 Å². The number of esters is 1. The number of fused-ring (bicyclic) bond motifs is 2. The third kappa shape index (κ3) is 5.85. The minimum Gasteiger partial charge on any atom is -0.490 e. The predicted molar refractivity (Wildman–Crippen MR) is 174 cm³/mol. The number of allylic oxidation sites excluding steroid dienone is 1. The monoisotopic (exact) mass is 634 g/mol. The third-order valence-electron chi connectivity index (χ3n) is 7.94. The summed E-state index contributed by atoms with van der Waals surface area (Å²) in [4.78, 5) is 13.2. The summed E-state index contributed by atoms with van der Waals surface area (Å²) in [5.74, 6) is 0.526. The van der Waals surface area contributed by atoms with E-state index >= 15 is 0 Å². The maximum Gasteiger partial charge on any atom is 0.379 e. The number of carbonyl (C=O) groups excluding carboxylic acids is 1. The number of nitrogens with zero attached hydrogens (tertiary/aromatic N) is 1. The van der Waals surface area contributed by atoms with Crippen LogP contribution in [0.2, 0.25) is 5.02 Å². The Labute approximate surface area is 271 Å². The van der Waals surface area contributed by atoms with Crippen LogP contribution in [0.4, 0.5) is 0 Å². The number of nitriles is 1. The number of aryl methyl sites for hydroxylation is 2. The number of ether oxygens (including phenoxy) is 4. The highest BCUT2D eigenvalue weighted by Crippen LogP contribution is 2.45. The van der Waals surface area contributed by atoms with Crippen LogP contribution in [0.25, 0.3) is 11.0 Å². The molecule has 1 aliphatic heterocycles. The van der Waals surface area contributed by atoms with Gasteiger partial charge in [-0.2, -0.15) is 5.26 Å². The van der Waals surface area contributed by atoms with E-state index in [0.717, 1.165) is 28.5 Å². The van der Waals surface area contributed by atoms with Crippen LogP contribution < -0.4 is 24.7 Å². The first-order valence-electron chi connectivity index (χ1n) is 14.9. The molecule has 0 fully saturated rings. The van der Waals surface area contributed by atoms with E-state index in [9.17, 15) is 10.1 Å². The molecule has 5 aromatic rings. The molecular weight excluding hydrogens is 604 g/mol. The standard InChI is InChI=1S/C37H31ClN2O6/c1-4-22-10-14-30-27(16-22)21(3)35(45-30)37(41)44-25-12-13-26-32(18-25)46-36(40)28(19-39)34(26)23-11-15-31(33(17-23)42-5-2)43-20-24-8-6-7-9-29(24)38/h6-18,34H,4-5,20,40H2,1-3H3. The molecule has 0 radical (unpaired) electrons. The van der Waals surface area contributed by atoms with Crippen molar-refractivity contribution in [3.63, 3.8) is 0 Å². The minimum atomic E-state index is -0.631. The van der Waals surface area contributed by atoms with Crippen molar-refractivity contribution in [3.05, 3.63) is 129 Å². The molecule has 2 N–H and O–H groups in total. The van der Waals surface area contributed by atoms with Gasteiger partial charge >= 0.3 is 5.97 Å². The molecule has 0 bridgehead atoms. The fourth-order valence-corrected chi connectivity index (χ4v) is 5.73. The molecule has 1 aliphatic rings. The van der Waals surface area contributed by atoms with Gasteiger partial charge in [0.15, 0.2) is 11.5 Å². The lowest BCUT2D eigenvalue weighted by molar-refractivity contribution is 0.0702. The zero-order valence-electron chi connectivity index (χ0n) is 25.6. The topological polar surface area (TPSA) is 117 Å². The second-order valence-corrected chi connectivity index (χ2v) is 11.2. The van der Waals surface area contributed by atoms with Crippen molar-refractivity contribution in [3.8, 4) is 29.1 Å². The quantitative estimate of drug-likeness (QED) is 0.127. The van der Waals surface area contributed by atoms with Gasteiger partial charge in [-0.15, -0.1) is 0 Å². The number of nitrogens with two attached hydrogens (primary N) is 1. The second-order valence-electron chi connectivity index (χ2n) is 10.8. The van der Waals surface area contributed by atoms with Crippen LogP contribution in [0.1, 0.15) is 58.1 Å². The van der Waals surface area contributed by atoms with E-state index < -0.39 is 11.9 Å². The number of hydrogen-bond donors (Lipinski definition) is 1. The molecule has 0 aliphatic carbocycles. The Kier molecular flexibility index (Phi) is 8.60. The van der Waals surface area contributed by atoms with Gasteiger partial charge in [0, 0.05) is 33.2 Å². The van der Waals surface area contributed by atoms with Crippen molar-refractivity contribution in [2.45, 2.75) is 39.7 Å². The Bertz CT molecular complexity index is 2040. The van der Waals surface area contributed by atoms with E-state index in [1.807, 2.05) is 68.4 Å². The molecule has 232 valence electrons. The van der Waals surface area contributed by atoms with Crippen molar-refractivity contribution in [1.29, 1.82) is 5.26 Å². The van der Waals surface area contributed by atoms with E-state index in [4.69, 9.17) is 40.7 Å². The van der Waals surface area contributed by atoms with E-state index in [2.05, 4.69) is 13.0 Å². The number of carbonyl (C=O) groups is 1. The number of benzene rings is 4. The first-order valence-corrected chi connectivity index (χ1v) is 15.3. The average molecular weight is 635 g/mol. The summed E-state index contributed by atoms with van der Waals surface area (Å²) in [6.07, 6.45) is 0.871. The lowest BCUT2D eigenvalue weighted by atomic mass is 9.83. The lowest BCUT2D eigenvalue weighted by Crippen LogP contribution is -2.21. The zero-order valence-corrected chi connectivity index (χ0v) is 26.3. The normalized spacial score (nSPS) is 13.9. The Morgan fingerprint density at radius 1 is 1.00 bits per heavy atom. The summed E-state index contributed by atoms with van der Waals surface area (Å²) in [5.41, 5.74) is 11.2. The van der Waals surface area contributed by atoms with Crippen LogP contribution >= 0.6 is 11.6 Å². The van der Waals surface area contributed by atoms with Gasteiger partial charge in [-0.25, -0.2) is 4.79 Å². The summed E-state index contributed by atoms with van der Waals surface area (Å²) in [5, 5.41) is 11.6. The first kappa shape index (κ1) is 30.6. The predicted octanol–water partition coefficient (Wildman–Crippen LogP) is 8.37. The molecule has 9 heteroatoms. The molecule has 4 aromatic carbocycles. The van der Waals surface area contributed by atoms with Crippen molar-refractivity contribution in [1.82, 2.24) is 0 Å². The zero-order chi connectivity index (χ0) is 32.4. The van der Waals surface area contributed by atoms with Crippen LogP contribution in [0, 0.1) is 18.3 Å². The molecule has 2 heterocycles. The van der Waals surface area contributed by atoms with Crippen LogP contribution in [-0.4, -0.2) is 12.6 Å². The highest BCUT2D eigenvalue weighted by molar-refractivity contribution is 6.31. The van der Waals surface area contributed by atoms with Gasteiger partial charge in [0.05, 0.1) is 12.5 Å². The van der Waals surface area contributed by atoms with Gasteiger partial charge in [-0.1, -0.05) is 54.9 Å². The molecule has 1 aromatic heterocycles. The Hall–Kier alpha value is -5.39. The molecule has 0 saturated carbocycles. The fraction of sp³-hybridized carbons (Fsp3) is 0.189. The largest absolute Gasteiger partial charge is 0.490 e. The van der Waals surface area contributed by atoms with E-state index in [1.165, 1.54) is 0 Å². The Morgan fingerprint density at radius 3 is 2.59 bits per heavy atom. The maximum absolute atomic E-state index is 13.2. The van der Waals surface area contributed by atoms with E-state index in [-0.39, 0.29) is 29.6 Å². The Morgan fingerprint density at radius 2 is 1.83 bits per heavy atom. The molecule has 46 heavy (non-hydrogen) atoms. The van der Waals surface area contributed by atoms with Crippen molar-refractivity contribution in [2.75, 3.05) is 6.61 Å². The summed E-state index contributed by atoms with van der Waals surface area (Å²) in [7, 11) is 0. The number of rotatable bonds is 9. The SMILES string of the molecule is CCOc1cc(C2C(C#N)=C(N)Oc3cc(OC(=O)c4oc5ccc(CC)cc5c4C)ccc32)ccc1OCc1ccccc1Cl. The summed E-state index contributed by atoms with van der Waals surface area (Å²) < 4.78 is 29.5. The summed E-state index contributed by atoms with van der Waals surface area (Å²) in [6.45, 7) is 6.44. The van der Waals surface area contributed by atoms with Crippen LogP contribution in [0.15, 0.2) is 94.7 Å². The Balaban J connectivity index is 1.29. The van der Waals surface area contributed by atoms with Crippen LogP contribution in [-0.2, 0) is 13.0 Å². The van der Waals surface area contributed by atoms with Crippen molar-refractivity contribution < 1.29 is 28.2 Å². The van der Waals surface area contributed by atoms with Gasteiger partial charge in [0.2, 0.25) is 11.6 Å². The molecule has 1 unspecified atom stereocenters. The number of furan rings is 1. The third-order valence-corrected chi connectivity index (χ3v) is 8.31. The van der Waals surface area contributed by atoms with Gasteiger partial charge in [-0.05, 0) is 67.8 Å². The molecule has 6 rings (SSSR count). The molecule has 8 nitrogen and oxygen atoms in total. The highest BCUT2D eigenvalue weighted by Gasteiger charge is 2.32. The number of hydrogen-bond acceptors (Lipinski definition) is 8. The van der Waals surface area contributed by atoms with Crippen molar-refractivity contribution in [2.24, 2.45) is 5.73 Å². The minimum absolute atomic E-state index is 0.0414. The van der Waals surface area contributed by atoms with E-state index in [1.54, 1.807) is 24.3 Å². The maximum atomic E-state index is 13.2. The van der Waals surface area contributed by atoms with E-state index in [0.29, 0.717) is 45.6 Å². The van der Waals surface area contributed by atoms with Gasteiger partial charge in [0.25, 0.3) is 0 Å². The average Bonchev–Trinajstić information content (AvgIpc) is 3.39. The van der Waals surface area contributed by atoms with Gasteiger partial charge in [0.1, 0.15) is 35.3 Å². The van der Waals surface area contributed by atoms with Gasteiger partial charge < -0.3 is 29.1 Å². The lowest BCUT2D eigenvalue weighted by Gasteiger charge is -2.27. The molecule has 0 spiro atoms. The van der Waals surface area contributed by atoms with Gasteiger partial charge in [-0.3, -0.25) is 0 Å². The molecular formula is C37H31ClN2O6. The second kappa shape index (κ2) is 12.9. The fourth-order valence-electron chi connectivity index (χ4n) is 5.54. The summed E-state index contributed by atoms with van der Waals surface area (Å²) >= 11 is 6.31. The van der Waals surface area contributed by atoms with Crippen molar-refractivity contribution >= 4 is 28.5 Å².